The van der Waals surface area contributed by atoms with E-state index in [1.165, 1.54) is 14.2 Å². The highest BCUT2D eigenvalue weighted by Gasteiger charge is 2.12. The smallest absolute Gasteiger partial charge is 0.337 e. The molecule has 32 heavy (non-hydrogen) atoms. The summed E-state index contributed by atoms with van der Waals surface area (Å²) in [5.41, 5.74) is 5.75. The summed E-state index contributed by atoms with van der Waals surface area (Å²) in [6.45, 7) is 0. The predicted molar refractivity (Wildman–Crippen MR) is 119 cm³/mol. The van der Waals surface area contributed by atoms with E-state index in [9.17, 15) is 9.59 Å². The van der Waals surface area contributed by atoms with Crippen molar-refractivity contribution in [2.75, 3.05) is 14.2 Å². The van der Waals surface area contributed by atoms with Gasteiger partial charge in [0, 0.05) is 11.1 Å². The molecule has 0 bridgehead atoms. The zero-order chi connectivity index (χ0) is 22.2. The van der Waals surface area contributed by atoms with E-state index >= 15 is 0 Å². The Bertz CT molecular complexity index is 1370. The van der Waals surface area contributed by atoms with Crippen molar-refractivity contribution in [3.8, 4) is 22.8 Å². The molecule has 5 aromatic rings. The Hall–Kier alpha value is -4.46. The first-order valence-electron chi connectivity index (χ1n) is 9.82. The summed E-state index contributed by atoms with van der Waals surface area (Å²) in [7, 11) is 2.71. The molecule has 0 aliphatic carbocycles. The van der Waals surface area contributed by atoms with Gasteiger partial charge in [-0.3, -0.25) is 0 Å². The van der Waals surface area contributed by atoms with Crippen molar-refractivity contribution in [1.82, 2.24) is 19.9 Å². The lowest BCUT2D eigenvalue weighted by Gasteiger charge is -2.00. The maximum atomic E-state index is 11.7. The van der Waals surface area contributed by atoms with Crippen LogP contribution in [0.4, 0.5) is 0 Å². The second kappa shape index (κ2) is 7.66. The zero-order valence-electron chi connectivity index (χ0n) is 17.3. The fourth-order valence-electron chi connectivity index (χ4n) is 3.57. The Labute approximate surface area is 182 Å². The highest BCUT2D eigenvalue weighted by molar-refractivity contribution is 5.95. The number of esters is 2. The molecule has 0 fully saturated rings. The number of carbonyl (C=O) groups is 2. The Balaban J connectivity index is 1.45. The second-order valence-electron chi connectivity index (χ2n) is 7.20. The van der Waals surface area contributed by atoms with Crippen LogP contribution < -0.4 is 0 Å². The number of aromatic amines is 2. The SMILES string of the molecule is COC(=O)c1ccc2nc(-c3ccc(-c4nc5ccc(C(=O)OC)cc5[nH]4)cc3)[nH]c2c1. The number of imidazole rings is 2. The van der Waals surface area contributed by atoms with Crippen LogP contribution in [-0.4, -0.2) is 46.1 Å². The number of ether oxygens (including phenoxy) is 2. The van der Waals surface area contributed by atoms with Crippen LogP contribution in [0.5, 0.6) is 0 Å². The quantitative estimate of drug-likeness (QED) is 0.414. The molecule has 8 heteroatoms. The Morgan fingerprint density at radius 2 is 1.06 bits per heavy atom. The van der Waals surface area contributed by atoms with E-state index in [-0.39, 0.29) is 0 Å². The summed E-state index contributed by atoms with van der Waals surface area (Å²) < 4.78 is 9.55. The van der Waals surface area contributed by atoms with Gasteiger partial charge in [-0.15, -0.1) is 0 Å². The third kappa shape index (κ3) is 3.37. The number of rotatable bonds is 4. The highest BCUT2D eigenvalue weighted by atomic mass is 16.5. The van der Waals surface area contributed by atoms with E-state index in [2.05, 4.69) is 19.9 Å². The number of H-pyrrole nitrogens is 2. The summed E-state index contributed by atoms with van der Waals surface area (Å²) >= 11 is 0. The zero-order valence-corrected chi connectivity index (χ0v) is 17.3. The molecule has 8 nitrogen and oxygen atoms in total. The molecule has 0 atom stereocenters. The molecule has 0 aliphatic rings. The summed E-state index contributed by atoms with van der Waals surface area (Å²) in [6, 6.07) is 18.2. The number of hydrogen-bond donors (Lipinski definition) is 2. The van der Waals surface area contributed by atoms with Crippen LogP contribution >= 0.6 is 0 Å². The molecule has 3 aromatic carbocycles. The van der Waals surface area contributed by atoms with Gasteiger partial charge < -0.3 is 19.4 Å². The first kappa shape index (κ1) is 19.5. The third-order valence-electron chi connectivity index (χ3n) is 5.24. The number of fused-ring (bicyclic) bond motifs is 2. The maximum absolute atomic E-state index is 11.7. The standard InChI is InChI=1S/C24H18N4O4/c1-31-23(29)15-7-9-17-19(11-15)27-21(25-17)13-3-5-14(6-4-13)22-26-18-10-8-16(24(30)32-2)12-20(18)28-22/h3-12H,1-2H3,(H,25,27)(H,26,28). The average Bonchev–Trinajstić information content (AvgIpc) is 3.46. The van der Waals surface area contributed by atoms with Gasteiger partial charge >= 0.3 is 11.9 Å². The molecule has 0 aliphatic heterocycles. The van der Waals surface area contributed by atoms with Crippen LogP contribution in [-0.2, 0) is 9.47 Å². The minimum Gasteiger partial charge on any atom is -0.465 e. The molecule has 2 aromatic heterocycles. The van der Waals surface area contributed by atoms with Crippen molar-refractivity contribution in [2.45, 2.75) is 0 Å². The van der Waals surface area contributed by atoms with Crippen molar-refractivity contribution < 1.29 is 19.1 Å². The molecule has 5 rings (SSSR count). The lowest BCUT2D eigenvalue weighted by molar-refractivity contribution is 0.0592. The van der Waals surface area contributed by atoms with Gasteiger partial charge in [-0.25, -0.2) is 19.6 Å². The number of nitrogens with zero attached hydrogens (tertiary/aromatic N) is 2. The monoisotopic (exact) mass is 426 g/mol. The van der Waals surface area contributed by atoms with Crippen LogP contribution in [0.2, 0.25) is 0 Å². The molecule has 158 valence electrons. The first-order chi connectivity index (χ1) is 15.6. The van der Waals surface area contributed by atoms with Crippen LogP contribution in [0, 0.1) is 0 Å². The minimum absolute atomic E-state index is 0.392. The van der Waals surface area contributed by atoms with E-state index in [1.54, 1.807) is 36.4 Å². The van der Waals surface area contributed by atoms with E-state index < -0.39 is 11.9 Å². The van der Waals surface area contributed by atoms with E-state index in [1.807, 2.05) is 24.3 Å². The Morgan fingerprint density at radius 1 is 0.656 bits per heavy atom. The lowest BCUT2D eigenvalue weighted by Crippen LogP contribution is -2.00. The molecule has 0 saturated carbocycles. The van der Waals surface area contributed by atoms with Crippen molar-refractivity contribution in [3.05, 3.63) is 71.8 Å². The van der Waals surface area contributed by atoms with Gasteiger partial charge in [0.2, 0.25) is 0 Å². The number of hydrogen-bond acceptors (Lipinski definition) is 6. The Morgan fingerprint density at radius 3 is 1.44 bits per heavy atom. The van der Waals surface area contributed by atoms with Crippen molar-refractivity contribution >= 4 is 34.0 Å². The van der Waals surface area contributed by atoms with Gasteiger partial charge in [-0.2, -0.15) is 0 Å². The first-order valence-corrected chi connectivity index (χ1v) is 9.82. The molecule has 0 unspecified atom stereocenters. The summed E-state index contributed by atoms with van der Waals surface area (Å²) in [4.78, 5) is 39.2. The molecule has 2 N–H and O–H groups in total. The molecule has 0 amide bonds. The largest absolute Gasteiger partial charge is 0.465 e. The summed E-state index contributed by atoms with van der Waals surface area (Å²) in [5.74, 6) is 0.607. The number of methoxy groups -OCH3 is 2. The van der Waals surface area contributed by atoms with Crippen molar-refractivity contribution in [3.63, 3.8) is 0 Å². The molecular formula is C24H18N4O4. The average molecular weight is 426 g/mol. The summed E-state index contributed by atoms with van der Waals surface area (Å²) in [6.07, 6.45) is 0. The van der Waals surface area contributed by atoms with Gasteiger partial charge in [0.15, 0.2) is 0 Å². The van der Waals surface area contributed by atoms with Gasteiger partial charge in [0.1, 0.15) is 11.6 Å². The Kier molecular flexibility index (Phi) is 4.67. The van der Waals surface area contributed by atoms with Crippen LogP contribution in [0.25, 0.3) is 44.8 Å². The van der Waals surface area contributed by atoms with Crippen molar-refractivity contribution in [2.24, 2.45) is 0 Å². The summed E-state index contributed by atoms with van der Waals surface area (Å²) in [5, 5.41) is 0. The van der Waals surface area contributed by atoms with E-state index in [0.717, 1.165) is 33.2 Å². The highest BCUT2D eigenvalue weighted by Crippen LogP contribution is 2.26. The van der Waals surface area contributed by atoms with E-state index in [0.29, 0.717) is 22.8 Å². The molecule has 0 saturated heterocycles. The third-order valence-corrected chi connectivity index (χ3v) is 5.24. The number of carbonyl (C=O) groups excluding carboxylic acids is 2. The number of aromatic nitrogens is 4. The molecule has 0 radical (unpaired) electrons. The van der Waals surface area contributed by atoms with Crippen LogP contribution in [0.1, 0.15) is 20.7 Å². The van der Waals surface area contributed by atoms with Gasteiger partial charge in [-0.05, 0) is 36.4 Å². The predicted octanol–water partition coefficient (Wildman–Crippen LogP) is 4.35. The fraction of sp³-hybridized carbons (Fsp3) is 0.0833. The van der Waals surface area contributed by atoms with Crippen LogP contribution in [0.3, 0.4) is 0 Å². The van der Waals surface area contributed by atoms with Gasteiger partial charge in [0.25, 0.3) is 0 Å². The molecule has 0 spiro atoms. The van der Waals surface area contributed by atoms with Gasteiger partial charge in [-0.1, -0.05) is 24.3 Å². The number of benzene rings is 3. The topological polar surface area (TPSA) is 110 Å². The van der Waals surface area contributed by atoms with E-state index in [4.69, 9.17) is 9.47 Å². The van der Waals surface area contributed by atoms with Gasteiger partial charge in [0.05, 0.1) is 47.4 Å². The maximum Gasteiger partial charge on any atom is 0.337 e. The van der Waals surface area contributed by atoms with Crippen molar-refractivity contribution in [1.29, 1.82) is 0 Å². The second-order valence-corrected chi connectivity index (χ2v) is 7.20. The van der Waals surface area contributed by atoms with Crippen LogP contribution in [0.15, 0.2) is 60.7 Å². The lowest BCUT2D eigenvalue weighted by atomic mass is 10.1. The number of nitrogens with one attached hydrogen (secondary N) is 2. The normalized spacial score (nSPS) is 11.1. The fourth-order valence-corrected chi connectivity index (χ4v) is 3.57. The minimum atomic E-state index is -0.392. The molecular weight excluding hydrogens is 408 g/mol. The molecule has 2 heterocycles.